The Morgan fingerprint density at radius 2 is 1.03 bits per heavy atom. The molecule has 0 unspecified atom stereocenters. The molecule has 0 aliphatic heterocycles. The number of alkyl halides is 9. The van der Waals surface area contributed by atoms with Crippen LogP contribution in [-0.4, -0.2) is 71.8 Å². The molecule has 0 fully saturated rings. The lowest BCUT2D eigenvalue weighted by atomic mass is 10.4. The maximum absolute atomic E-state index is 12.0. The predicted octanol–water partition coefficient (Wildman–Crippen LogP) is 0.571. The lowest BCUT2D eigenvalue weighted by Gasteiger charge is -2.10. The van der Waals surface area contributed by atoms with Crippen LogP contribution in [0.25, 0.3) is 0 Å². The molecule has 1 heterocycles. The lowest BCUT2D eigenvalue weighted by molar-refractivity contribution is -0.857. The van der Waals surface area contributed by atoms with Crippen LogP contribution in [0.2, 0.25) is 0 Å². The van der Waals surface area contributed by atoms with Crippen molar-refractivity contribution >= 4 is 51.9 Å². The van der Waals surface area contributed by atoms with Gasteiger partial charge in [0.15, 0.2) is 0 Å². The zero-order chi connectivity index (χ0) is 27.4. The molecule has 0 aliphatic carbocycles. The third-order valence-electron chi connectivity index (χ3n) is 2.67. The number of rotatable bonds is 7. The molecule has 34 heavy (non-hydrogen) atoms. The standard InChI is InChI=1S/C8H10F3N2O3S.2CHF3O3S.Al/c1-12(2)7-3-5-13(6-4-7)16-17(14,15)8(9,10)11;2*2-1(3,4)8(5,6)7;/h3-6H,1-2H3;2*(H,5,6,7);/q+1;;;+2/p-2. The third-order valence-corrected chi connectivity index (χ3v) is 7.39. The van der Waals surface area contributed by atoms with Crippen molar-refractivity contribution in [3.05, 3.63) is 24.5 Å². The van der Waals surface area contributed by atoms with Gasteiger partial charge in [-0.3, -0.25) is 0 Å². The third kappa shape index (κ3) is 9.58. The van der Waals surface area contributed by atoms with Crippen LogP contribution >= 0.6 is 0 Å². The SMILES string of the molecule is CN(C)c1cc[n+](OS(=O)(=O)C(F)(F)F)cc1.O=S(=O)([O][Al][O]S(=O)(=O)C(F)(F)F)C(F)(F)F. The predicted molar refractivity (Wildman–Crippen MR) is 90.4 cm³/mol. The monoisotopic (exact) mass is 596 g/mol. The van der Waals surface area contributed by atoms with E-state index in [4.69, 9.17) is 0 Å². The quantitative estimate of drug-likeness (QED) is 0.190. The Bertz CT molecular complexity index is 1090. The van der Waals surface area contributed by atoms with Gasteiger partial charge in [-0.25, -0.2) is 0 Å². The zero-order valence-corrected chi connectivity index (χ0v) is 19.7. The van der Waals surface area contributed by atoms with Crippen molar-refractivity contribution in [3.63, 3.8) is 0 Å². The smallest absolute Gasteiger partial charge is 0.377 e. The Balaban J connectivity index is 0.000000641. The summed E-state index contributed by atoms with van der Waals surface area (Å²) in [5.41, 5.74) is -16.5. The van der Waals surface area contributed by atoms with Gasteiger partial charge in [0.1, 0.15) is 0 Å². The minimum absolute atomic E-state index is 0.468. The Labute approximate surface area is 192 Å². The van der Waals surface area contributed by atoms with Crippen LogP contribution in [0, 0.1) is 0 Å². The molecule has 0 bridgehead atoms. The molecule has 24 heteroatoms. The van der Waals surface area contributed by atoms with Crippen LogP contribution in [0.15, 0.2) is 24.5 Å². The number of pyridine rings is 1. The molecule has 0 N–H and O–H groups in total. The van der Waals surface area contributed by atoms with Crippen molar-refractivity contribution in [3.8, 4) is 0 Å². The van der Waals surface area contributed by atoms with Crippen LogP contribution in [0.5, 0.6) is 0 Å². The maximum atomic E-state index is 12.0. The molecule has 0 saturated heterocycles. The second kappa shape index (κ2) is 11.0. The Kier molecular flexibility index (Phi) is 10.5. The highest BCUT2D eigenvalue weighted by Gasteiger charge is 2.52. The normalized spacial score (nSPS) is 13.5. The summed E-state index contributed by atoms with van der Waals surface area (Å²) in [4.78, 5) is 1.70. The topological polar surface area (TPSA) is 137 Å². The van der Waals surface area contributed by atoms with Crippen molar-refractivity contribution in [1.82, 2.24) is 0 Å². The Hall–Kier alpha value is -1.58. The van der Waals surface area contributed by atoms with Gasteiger partial charge >= 0.3 is 62.8 Å². The molecule has 0 aliphatic rings. The van der Waals surface area contributed by atoms with Crippen molar-refractivity contribution in [2.24, 2.45) is 0 Å². The van der Waals surface area contributed by atoms with E-state index >= 15 is 0 Å². The number of hydrogen-bond donors (Lipinski definition) is 0. The average molecular weight is 596 g/mol. The second-order valence-electron chi connectivity index (χ2n) is 5.37. The summed E-state index contributed by atoms with van der Waals surface area (Å²) in [6, 6.07) is 2.82. The molecule has 1 rings (SSSR count). The van der Waals surface area contributed by atoms with Crippen molar-refractivity contribution in [1.29, 1.82) is 0 Å². The van der Waals surface area contributed by atoms with E-state index in [0.717, 1.165) is 12.4 Å². The van der Waals surface area contributed by atoms with E-state index in [1.807, 2.05) is 0 Å². The fourth-order valence-electron chi connectivity index (χ4n) is 1.14. The van der Waals surface area contributed by atoms with Crippen LogP contribution in [0.1, 0.15) is 0 Å². The van der Waals surface area contributed by atoms with Gasteiger partial charge in [-0.2, -0.15) is 64.8 Å². The number of anilines is 1. The molecule has 0 atom stereocenters. The largest absolute Gasteiger partial charge is 0.700 e. The highest BCUT2D eigenvalue weighted by molar-refractivity contribution is 7.89. The maximum Gasteiger partial charge on any atom is 0.700 e. The molecule has 1 aromatic heterocycles. The van der Waals surface area contributed by atoms with Gasteiger partial charge in [-0.1, -0.05) is 0 Å². The second-order valence-corrected chi connectivity index (χ2v) is 11.4. The Morgan fingerprint density at radius 3 is 1.29 bits per heavy atom. The molecule has 0 saturated carbocycles. The molecule has 197 valence electrons. The summed E-state index contributed by atoms with van der Waals surface area (Å²) in [5, 5.41) is 0. The highest BCUT2D eigenvalue weighted by Crippen LogP contribution is 2.26. The molecule has 0 spiro atoms. The summed E-state index contributed by atoms with van der Waals surface area (Å²) < 4.78 is 177. The van der Waals surface area contributed by atoms with E-state index in [9.17, 15) is 64.8 Å². The number of hydrogen-bond acceptors (Lipinski definition) is 10. The molecule has 11 nitrogen and oxygen atoms in total. The first-order chi connectivity index (χ1) is 14.8. The van der Waals surface area contributed by atoms with Gasteiger partial charge < -0.3 is 11.4 Å². The average Bonchev–Trinajstić information content (AvgIpc) is 2.59. The van der Waals surface area contributed by atoms with E-state index in [1.165, 1.54) is 12.1 Å². The van der Waals surface area contributed by atoms with E-state index in [1.54, 1.807) is 19.0 Å². The number of nitrogens with zero attached hydrogens (tertiary/aromatic N) is 2. The first-order valence-corrected chi connectivity index (χ1v) is 12.5. The summed E-state index contributed by atoms with van der Waals surface area (Å²) in [6.07, 6.45) is 2.14. The summed E-state index contributed by atoms with van der Waals surface area (Å²) >= 11 is -3.05. The highest BCUT2D eigenvalue weighted by atomic mass is 32.2. The van der Waals surface area contributed by atoms with E-state index in [0.29, 0.717) is 10.4 Å². The first kappa shape index (κ1) is 32.4. The van der Waals surface area contributed by atoms with Gasteiger partial charge in [-0.15, -0.1) is 4.28 Å². The van der Waals surface area contributed by atoms with Crippen LogP contribution in [0.3, 0.4) is 0 Å². The zero-order valence-electron chi connectivity index (χ0n) is 16.1. The fraction of sp³-hybridized carbons (Fsp3) is 0.500. The fourth-order valence-corrected chi connectivity index (χ4v) is 3.66. The molecule has 1 aromatic rings. The van der Waals surface area contributed by atoms with Gasteiger partial charge in [0.25, 0.3) is 0 Å². The van der Waals surface area contributed by atoms with Gasteiger partial charge in [0, 0.05) is 36.6 Å². The number of aromatic nitrogens is 1. The van der Waals surface area contributed by atoms with Gasteiger partial charge in [0.05, 0.1) is 0 Å². The minimum atomic E-state index is -6.19. The molecular formula is C10H10AlF9N2O9S3+. The van der Waals surface area contributed by atoms with Crippen molar-refractivity contribution < 1.29 is 80.3 Å². The molecule has 0 amide bonds. The van der Waals surface area contributed by atoms with Crippen LogP contribution < -0.4 is 13.9 Å². The summed E-state index contributed by atoms with van der Waals surface area (Å²) in [7, 11) is -14.5. The number of halogens is 9. The molecular weight excluding hydrogens is 586 g/mol. The van der Waals surface area contributed by atoms with Gasteiger partial charge in [-0.05, 0) is 0 Å². The van der Waals surface area contributed by atoms with Crippen LogP contribution in [-0.2, 0) is 36.8 Å². The van der Waals surface area contributed by atoms with E-state index < -0.39 is 62.8 Å². The van der Waals surface area contributed by atoms with Crippen molar-refractivity contribution in [2.45, 2.75) is 16.5 Å². The van der Waals surface area contributed by atoms with E-state index in [2.05, 4.69) is 10.8 Å². The van der Waals surface area contributed by atoms with Crippen LogP contribution in [0.4, 0.5) is 45.2 Å². The Morgan fingerprint density at radius 1 is 0.706 bits per heavy atom. The minimum Gasteiger partial charge on any atom is -0.377 e. The first-order valence-electron chi connectivity index (χ1n) is 7.35. The summed E-state index contributed by atoms with van der Waals surface area (Å²) in [5.74, 6) is 0. The molecule has 0 aromatic carbocycles. The van der Waals surface area contributed by atoms with Gasteiger partial charge in [0.2, 0.25) is 12.4 Å². The summed E-state index contributed by atoms with van der Waals surface area (Å²) in [6.45, 7) is 0. The van der Waals surface area contributed by atoms with Crippen molar-refractivity contribution in [2.75, 3.05) is 19.0 Å². The lowest BCUT2D eigenvalue weighted by Crippen LogP contribution is -2.49. The van der Waals surface area contributed by atoms with E-state index in [-0.39, 0.29) is 0 Å². The molecule has 1 radical (unpaired) electrons.